The van der Waals surface area contributed by atoms with Gasteiger partial charge in [0.2, 0.25) is 0 Å². The van der Waals surface area contributed by atoms with Crippen molar-refractivity contribution in [2.45, 2.75) is 52.6 Å². The summed E-state index contributed by atoms with van der Waals surface area (Å²) in [6.45, 7) is 15.3. The molecule has 0 bridgehead atoms. The van der Waals surface area contributed by atoms with Crippen LogP contribution >= 0.6 is 32.3 Å². The molecule has 0 aromatic rings. The summed E-state index contributed by atoms with van der Waals surface area (Å²) < 4.78 is 4.40. The lowest BCUT2D eigenvalue weighted by Gasteiger charge is -2.49. The minimum Gasteiger partial charge on any atom is -0.235 e. The molecule has 0 saturated heterocycles. The molecule has 0 aromatic carbocycles. The van der Waals surface area contributed by atoms with Crippen molar-refractivity contribution in [2.24, 2.45) is 0 Å². The molecule has 0 saturated carbocycles. The Labute approximate surface area is 106 Å². The fourth-order valence-electron chi connectivity index (χ4n) is 1.38. The summed E-state index contributed by atoms with van der Waals surface area (Å²) in [6, 6.07) is 0. The zero-order valence-corrected chi connectivity index (χ0v) is 13.2. The van der Waals surface area contributed by atoms with E-state index in [1.807, 2.05) is 0 Å². The first-order chi connectivity index (χ1) is 6.21. The summed E-state index contributed by atoms with van der Waals surface area (Å²) >= 11 is 7.23. The third-order valence-corrected chi connectivity index (χ3v) is 6.04. The van der Waals surface area contributed by atoms with Crippen molar-refractivity contribution < 1.29 is 0 Å². The maximum absolute atomic E-state index is 3.62. The fourth-order valence-corrected chi connectivity index (χ4v) is 2.25. The summed E-state index contributed by atoms with van der Waals surface area (Å²) in [5, 5.41) is 0. The van der Waals surface area contributed by atoms with Gasteiger partial charge in [0, 0.05) is 56.5 Å². The topological polar surface area (TPSA) is 6.48 Å². The number of likely N-dealkylation sites (N-methyl/N-ethyl adjacent to an activating group) is 2. The highest BCUT2D eigenvalue weighted by Gasteiger charge is 2.43. The van der Waals surface area contributed by atoms with Gasteiger partial charge in [-0.15, -0.1) is 0 Å². The summed E-state index contributed by atoms with van der Waals surface area (Å²) in [5.41, 5.74) is 0.114. The second-order valence-corrected chi connectivity index (χ2v) is 6.19. The van der Waals surface area contributed by atoms with E-state index in [-0.39, 0.29) is 11.1 Å². The second kappa shape index (κ2) is 5.28. The van der Waals surface area contributed by atoms with Gasteiger partial charge < -0.3 is 0 Å². The van der Waals surface area contributed by atoms with Crippen LogP contribution in [0.3, 0.4) is 0 Å². The van der Waals surface area contributed by atoms with Crippen LogP contribution in [0.25, 0.3) is 0 Å². The van der Waals surface area contributed by atoms with E-state index in [1.165, 1.54) is 0 Å². The van der Waals surface area contributed by atoms with E-state index in [9.17, 15) is 0 Å². The van der Waals surface area contributed by atoms with Gasteiger partial charge in [0.1, 0.15) is 0 Å². The third-order valence-electron chi connectivity index (χ3n) is 3.27. The Hall–Kier alpha value is 0.880. The first-order valence-electron chi connectivity index (χ1n) is 5.08. The first-order valence-corrected chi connectivity index (χ1v) is 6.50. The van der Waals surface area contributed by atoms with Crippen molar-refractivity contribution in [3.05, 3.63) is 0 Å². The van der Waals surface area contributed by atoms with Gasteiger partial charge in [-0.05, 0) is 27.7 Å². The predicted molar refractivity (Wildman–Crippen MR) is 70.8 cm³/mol. The molecule has 2 nitrogen and oxygen atoms in total. The van der Waals surface area contributed by atoms with Crippen LogP contribution in [0.2, 0.25) is 0 Å². The Morgan fingerprint density at radius 3 is 1.14 bits per heavy atom. The Bertz CT molecular complexity index is 161. The summed E-state index contributed by atoms with van der Waals surface area (Å²) in [5.74, 6) is 0. The van der Waals surface area contributed by atoms with Crippen LogP contribution in [0.15, 0.2) is 0 Å². The highest BCUT2D eigenvalue weighted by molar-refractivity contribution is 9.07. The van der Waals surface area contributed by atoms with Gasteiger partial charge in [-0.3, -0.25) is 0 Å². The normalized spacial score (nSPS) is 14.1. The van der Waals surface area contributed by atoms with Crippen LogP contribution in [0, 0.1) is 0 Å². The van der Waals surface area contributed by atoms with Gasteiger partial charge in [-0.25, -0.2) is 7.85 Å². The van der Waals surface area contributed by atoms with Gasteiger partial charge in [-0.1, -0.05) is 13.8 Å². The molecule has 14 heavy (non-hydrogen) atoms. The van der Waals surface area contributed by atoms with Crippen LogP contribution < -0.4 is 0 Å². The van der Waals surface area contributed by atoms with E-state index in [2.05, 4.69) is 81.7 Å². The lowest BCUT2D eigenvalue weighted by molar-refractivity contribution is 0.0789. The number of hydrogen-bond donors (Lipinski definition) is 0. The lowest BCUT2D eigenvalue weighted by atomic mass is 9.82. The highest BCUT2D eigenvalue weighted by Crippen LogP contribution is 2.36. The third kappa shape index (κ3) is 2.71. The molecule has 0 unspecified atom stereocenters. The monoisotopic (exact) mass is 328 g/mol. The molecule has 4 heteroatoms. The molecule has 0 aliphatic heterocycles. The Kier molecular flexibility index (Phi) is 5.61. The van der Waals surface area contributed by atoms with Gasteiger partial charge in [0.15, 0.2) is 0 Å². The summed E-state index contributed by atoms with van der Waals surface area (Å²) in [6.07, 6.45) is 0. The van der Waals surface area contributed by atoms with Crippen molar-refractivity contribution in [3.63, 3.8) is 0 Å². The van der Waals surface area contributed by atoms with Crippen molar-refractivity contribution in [1.82, 2.24) is 7.85 Å². The van der Waals surface area contributed by atoms with Crippen molar-refractivity contribution in [2.75, 3.05) is 13.1 Å². The van der Waals surface area contributed by atoms with Crippen molar-refractivity contribution >= 4 is 32.3 Å². The average Bonchev–Trinajstić information content (AvgIpc) is 2.14. The molecule has 0 heterocycles. The molecule has 0 fully saturated rings. The first kappa shape index (κ1) is 14.9. The maximum atomic E-state index is 3.62. The molecule has 0 N–H and O–H groups in total. The molecule has 0 aliphatic rings. The van der Waals surface area contributed by atoms with Gasteiger partial charge in [0.25, 0.3) is 0 Å². The summed E-state index contributed by atoms with van der Waals surface area (Å²) in [7, 11) is 0. The minimum absolute atomic E-state index is 0.0568. The van der Waals surface area contributed by atoms with Crippen LogP contribution in [0.5, 0.6) is 0 Å². The fraction of sp³-hybridized carbons (Fsp3) is 1.00. The largest absolute Gasteiger partial charge is 0.235 e. The number of rotatable bonds is 5. The summed E-state index contributed by atoms with van der Waals surface area (Å²) in [4.78, 5) is 0. The molecular weight excluding hydrogens is 308 g/mol. The van der Waals surface area contributed by atoms with Gasteiger partial charge >= 0.3 is 0 Å². The number of halogens is 2. The van der Waals surface area contributed by atoms with E-state index < -0.39 is 0 Å². The SMILES string of the molecule is CCN(Br)C(C)(C)C(C)(C)N(Br)CC. The highest BCUT2D eigenvalue weighted by atomic mass is 79.9. The molecule has 0 rings (SSSR count). The van der Waals surface area contributed by atoms with E-state index in [1.54, 1.807) is 0 Å². The predicted octanol–water partition coefficient (Wildman–Crippen LogP) is 3.81. The maximum Gasteiger partial charge on any atom is 0.0447 e. The second-order valence-electron chi connectivity index (χ2n) is 4.47. The van der Waals surface area contributed by atoms with Crippen LogP contribution in [-0.4, -0.2) is 32.0 Å². The Morgan fingerprint density at radius 1 is 0.786 bits per heavy atom. The van der Waals surface area contributed by atoms with Crippen LogP contribution in [-0.2, 0) is 0 Å². The molecule has 0 spiro atoms. The van der Waals surface area contributed by atoms with Crippen LogP contribution in [0.4, 0.5) is 0 Å². The molecule has 86 valence electrons. The standard InChI is InChI=1S/C10H22Br2N2/c1-7-13(11)9(3,4)10(5,6)14(12)8-2/h7-8H2,1-6H3. The number of nitrogens with zero attached hydrogens (tertiary/aromatic N) is 2. The quantitative estimate of drug-likeness (QED) is 0.708. The average molecular weight is 330 g/mol. The zero-order valence-electron chi connectivity index (χ0n) is 10.1. The zero-order chi connectivity index (χ0) is 11.6. The lowest BCUT2D eigenvalue weighted by Crippen LogP contribution is -2.60. The van der Waals surface area contributed by atoms with E-state index in [0.29, 0.717) is 0 Å². The van der Waals surface area contributed by atoms with E-state index >= 15 is 0 Å². The Morgan fingerprint density at radius 2 is 1.00 bits per heavy atom. The molecule has 0 radical (unpaired) electrons. The Balaban J connectivity index is 4.85. The molecule has 0 aromatic heterocycles. The van der Waals surface area contributed by atoms with Crippen molar-refractivity contribution in [1.29, 1.82) is 0 Å². The molecule has 0 atom stereocenters. The van der Waals surface area contributed by atoms with Gasteiger partial charge in [0.05, 0.1) is 0 Å². The van der Waals surface area contributed by atoms with Crippen molar-refractivity contribution in [3.8, 4) is 0 Å². The van der Waals surface area contributed by atoms with Crippen LogP contribution in [0.1, 0.15) is 41.5 Å². The molecule has 0 aliphatic carbocycles. The van der Waals surface area contributed by atoms with Gasteiger partial charge in [-0.2, -0.15) is 0 Å². The van der Waals surface area contributed by atoms with E-state index in [0.717, 1.165) is 13.1 Å². The molecule has 0 amide bonds. The smallest absolute Gasteiger partial charge is 0.0447 e. The van der Waals surface area contributed by atoms with E-state index in [4.69, 9.17) is 0 Å². The molecular formula is C10H22Br2N2. The number of hydrogen-bond acceptors (Lipinski definition) is 2. The minimum atomic E-state index is 0.0568.